The summed E-state index contributed by atoms with van der Waals surface area (Å²) in [5.41, 5.74) is 2.84. The van der Waals surface area contributed by atoms with E-state index in [9.17, 15) is 10.1 Å². The lowest BCUT2D eigenvalue weighted by Crippen LogP contribution is -2.29. The zero-order valence-electron chi connectivity index (χ0n) is 12.6. The molecule has 1 aliphatic carbocycles. The summed E-state index contributed by atoms with van der Waals surface area (Å²) >= 11 is 12.8. The molecule has 122 valence electrons. The fourth-order valence-electron chi connectivity index (χ4n) is 3.77. The summed E-state index contributed by atoms with van der Waals surface area (Å²) < 4.78 is 0. The van der Waals surface area contributed by atoms with E-state index in [0.717, 1.165) is 17.7 Å². The molecule has 24 heavy (non-hydrogen) atoms. The predicted molar refractivity (Wildman–Crippen MR) is 95.9 cm³/mol. The van der Waals surface area contributed by atoms with Gasteiger partial charge in [0.2, 0.25) is 0 Å². The average molecular weight is 361 g/mol. The first-order valence-corrected chi connectivity index (χ1v) is 8.47. The molecule has 0 radical (unpaired) electrons. The zero-order chi connectivity index (χ0) is 16.8. The molecule has 0 fully saturated rings. The van der Waals surface area contributed by atoms with Crippen LogP contribution < -0.4 is 5.32 Å². The van der Waals surface area contributed by atoms with Crippen LogP contribution in [-0.4, -0.2) is 4.92 Å². The molecule has 4 rings (SSSR count). The lowest BCUT2D eigenvalue weighted by atomic mass is 9.77. The van der Waals surface area contributed by atoms with Crippen LogP contribution in [0.4, 0.5) is 11.4 Å². The number of halogens is 2. The number of non-ortho nitro benzene ring substituents is 1. The SMILES string of the molecule is O=[N+]([O-])c1ccc(Cl)c(C2Nc3c(Cl)cccc3C3C=CCC32)c1. The normalized spacial score (nSPS) is 24.2. The first kappa shape index (κ1) is 15.5. The second kappa shape index (κ2) is 5.80. The summed E-state index contributed by atoms with van der Waals surface area (Å²) in [7, 11) is 0. The Morgan fingerprint density at radius 3 is 2.75 bits per heavy atom. The lowest BCUT2D eigenvalue weighted by molar-refractivity contribution is -0.384. The van der Waals surface area contributed by atoms with Crippen LogP contribution in [0.3, 0.4) is 0 Å². The Morgan fingerprint density at radius 2 is 1.96 bits per heavy atom. The van der Waals surface area contributed by atoms with Gasteiger partial charge in [-0.2, -0.15) is 0 Å². The smallest absolute Gasteiger partial charge is 0.269 e. The summed E-state index contributed by atoms with van der Waals surface area (Å²) in [4.78, 5) is 10.7. The number of nitro groups is 1. The highest BCUT2D eigenvalue weighted by atomic mass is 35.5. The summed E-state index contributed by atoms with van der Waals surface area (Å²) in [5.74, 6) is 0.496. The summed E-state index contributed by atoms with van der Waals surface area (Å²) in [5, 5.41) is 15.8. The van der Waals surface area contributed by atoms with Crippen molar-refractivity contribution in [1.29, 1.82) is 0 Å². The average Bonchev–Trinajstić information content (AvgIpc) is 3.05. The van der Waals surface area contributed by atoms with Crippen LogP contribution in [0.1, 0.15) is 29.5 Å². The molecule has 2 aromatic carbocycles. The Hall–Kier alpha value is -2.04. The van der Waals surface area contributed by atoms with Gasteiger partial charge in [0.15, 0.2) is 0 Å². The molecule has 0 saturated heterocycles. The molecular formula is C18H14Cl2N2O2. The Morgan fingerprint density at radius 1 is 1.12 bits per heavy atom. The van der Waals surface area contributed by atoms with Crippen molar-refractivity contribution in [2.75, 3.05) is 5.32 Å². The van der Waals surface area contributed by atoms with E-state index in [0.29, 0.717) is 10.0 Å². The first-order chi connectivity index (χ1) is 11.6. The Bertz CT molecular complexity index is 866. The van der Waals surface area contributed by atoms with Crippen molar-refractivity contribution >= 4 is 34.6 Å². The van der Waals surface area contributed by atoms with Gasteiger partial charge in [-0.05, 0) is 30.0 Å². The van der Waals surface area contributed by atoms with Crippen LogP contribution in [0.2, 0.25) is 10.0 Å². The van der Waals surface area contributed by atoms with E-state index in [1.807, 2.05) is 12.1 Å². The highest BCUT2D eigenvalue weighted by Crippen LogP contribution is 2.52. The third-order valence-electron chi connectivity index (χ3n) is 4.87. The predicted octanol–water partition coefficient (Wildman–Crippen LogP) is 5.73. The van der Waals surface area contributed by atoms with Crippen LogP contribution in [0, 0.1) is 16.0 Å². The molecule has 0 saturated carbocycles. The van der Waals surface area contributed by atoms with Gasteiger partial charge in [-0.3, -0.25) is 10.1 Å². The van der Waals surface area contributed by atoms with Crippen molar-refractivity contribution in [1.82, 2.24) is 0 Å². The van der Waals surface area contributed by atoms with E-state index in [1.54, 1.807) is 12.1 Å². The number of rotatable bonds is 2. The molecule has 0 bridgehead atoms. The monoisotopic (exact) mass is 360 g/mol. The number of hydrogen-bond donors (Lipinski definition) is 1. The molecule has 1 N–H and O–H groups in total. The molecule has 3 atom stereocenters. The van der Waals surface area contributed by atoms with E-state index >= 15 is 0 Å². The van der Waals surface area contributed by atoms with Crippen molar-refractivity contribution < 1.29 is 4.92 Å². The molecule has 2 aliphatic rings. The maximum Gasteiger partial charge on any atom is 0.269 e. The maximum absolute atomic E-state index is 11.1. The van der Waals surface area contributed by atoms with Gasteiger partial charge in [-0.1, -0.05) is 47.5 Å². The molecule has 0 aromatic heterocycles. The van der Waals surface area contributed by atoms with Crippen LogP contribution >= 0.6 is 23.2 Å². The van der Waals surface area contributed by atoms with Crippen molar-refractivity contribution in [2.24, 2.45) is 5.92 Å². The van der Waals surface area contributed by atoms with Gasteiger partial charge in [-0.25, -0.2) is 0 Å². The fourth-order valence-corrected chi connectivity index (χ4v) is 4.25. The van der Waals surface area contributed by atoms with Crippen LogP contribution in [0.5, 0.6) is 0 Å². The molecule has 6 heteroatoms. The number of fused-ring (bicyclic) bond motifs is 3. The van der Waals surface area contributed by atoms with Gasteiger partial charge >= 0.3 is 0 Å². The molecule has 1 heterocycles. The molecule has 4 nitrogen and oxygen atoms in total. The van der Waals surface area contributed by atoms with E-state index in [4.69, 9.17) is 23.2 Å². The van der Waals surface area contributed by atoms with Gasteiger partial charge < -0.3 is 5.32 Å². The van der Waals surface area contributed by atoms with Gasteiger partial charge in [0, 0.05) is 28.6 Å². The standard InChI is InChI=1S/C18H14Cl2N2O2/c19-15-8-7-10(22(23)24)9-14(15)17-12-4-1-3-11(12)13-5-2-6-16(20)18(13)21-17/h1-3,5-9,11-12,17,21H,4H2. The van der Waals surface area contributed by atoms with Gasteiger partial charge in [0.25, 0.3) is 5.69 Å². The van der Waals surface area contributed by atoms with Gasteiger partial charge in [0.1, 0.15) is 0 Å². The van der Waals surface area contributed by atoms with Crippen molar-refractivity contribution in [2.45, 2.75) is 18.4 Å². The molecule has 0 spiro atoms. The van der Waals surface area contributed by atoms with Crippen molar-refractivity contribution in [3.05, 3.63) is 79.8 Å². The molecule has 3 unspecified atom stereocenters. The molecule has 1 aliphatic heterocycles. The number of hydrogen-bond acceptors (Lipinski definition) is 3. The van der Waals surface area contributed by atoms with Gasteiger partial charge in [0.05, 0.1) is 21.7 Å². The Kier molecular flexibility index (Phi) is 3.74. The summed E-state index contributed by atoms with van der Waals surface area (Å²) in [6.45, 7) is 0. The van der Waals surface area contributed by atoms with E-state index < -0.39 is 4.92 Å². The number of nitrogens with one attached hydrogen (secondary N) is 1. The Balaban J connectivity index is 1.84. The van der Waals surface area contributed by atoms with E-state index in [1.165, 1.54) is 11.6 Å². The fraction of sp³-hybridized carbons (Fsp3) is 0.222. The first-order valence-electron chi connectivity index (χ1n) is 7.71. The van der Waals surface area contributed by atoms with Crippen LogP contribution in [-0.2, 0) is 0 Å². The Labute approximate surface area is 149 Å². The summed E-state index contributed by atoms with van der Waals surface area (Å²) in [6, 6.07) is 10.3. The third-order valence-corrected chi connectivity index (χ3v) is 5.53. The third kappa shape index (κ3) is 2.38. The highest BCUT2D eigenvalue weighted by Gasteiger charge is 2.39. The van der Waals surface area contributed by atoms with E-state index in [-0.39, 0.29) is 23.6 Å². The van der Waals surface area contributed by atoms with Gasteiger partial charge in [-0.15, -0.1) is 0 Å². The van der Waals surface area contributed by atoms with E-state index in [2.05, 4.69) is 23.5 Å². The number of benzene rings is 2. The quantitative estimate of drug-likeness (QED) is 0.422. The number of nitrogens with zero attached hydrogens (tertiary/aromatic N) is 1. The lowest BCUT2D eigenvalue weighted by Gasteiger charge is -2.38. The number of allylic oxidation sites excluding steroid dienone is 2. The molecule has 0 amide bonds. The topological polar surface area (TPSA) is 55.2 Å². The van der Waals surface area contributed by atoms with Crippen molar-refractivity contribution in [3.8, 4) is 0 Å². The van der Waals surface area contributed by atoms with Crippen molar-refractivity contribution in [3.63, 3.8) is 0 Å². The van der Waals surface area contributed by atoms with Crippen LogP contribution in [0.15, 0.2) is 48.6 Å². The number of anilines is 1. The number of para-hydroxylation sites is 1. The maximum atomic E-state index is 11.1. The minimum atomic E-state index is -0.395. The molecule has 2 aromatic rings. The second-order valence-corrected chi connectivity index (χ2v) is 6.96. The minimum absolute atomic E-state index is 0.0451. The minimum Gasteiger partial charge on any atom is -0.376 e. The molecular weight excluding hydrogens is 347 g/mol. The zero-order valence-corrected chi connectivity index (χ0v) is 14.1. The highest BCUT2D eigenvalue weighted by molar-refractivity contribution is 6.33. The summed E-state index contributed by atoms with van der Waals surface area (Å²) in [6.07, 6.45) is 5.25. The number of nitro benzene ring substituents is 1. The second-order valence-electron chi connectivity index (χ2n) is 6.14. The van der Waals surface area contributed by atoms with Crippen LogP contribution in [0.25, 0.3) is 0 Å². The largest absolute Gasteiger partial charge is 0.376 e.